The molecule has 0 spiro atoms. The van der Waals surface area contributed by atoms with E-state index < -0.39 is 8.32 Å². The second-order valence-corrected chi connectivity index (χ2v) is 14.9. The van der Waals surface area contributed by atoms with E-state index in [0.717, 1.165) is 19.3 Å². The number of ether oxygens (including phenoxy) is 1. The second kappa shape index (κ2) is 9.73. The van der Waals surface area contributed by atoms with Gasteiger partial charge in [0.25, 0.3) is 8.32 Å². The molecule has 4 rings (SSSR count). The highest BCUT2D eigenvalue weighted by atomic mass is 28.4. The quantitative estimate of drug-likeness (QED) is 0.570. The average Bonchev–Trinajstić information content (AvgIpc) is 3.20. The number of carbonyl (C=O) groups excluding carboxylic acids is 1. The molecule has 0 aromatic heterocycles. The standard InChI is InChI=1S/C28H39NO3Si/c1-6-21-19-22(29-26(30)18-17-25(31-5)27(21)29)20-32-33(28(2,3)4,23-13-9-7-10-14-23)24-15-11-8-12-16-24/h7-16,21-22,25,27H,6,17-20H2,1-5H3/t21-,22+,25+,27+/m1/s1. The van der Waals surface area contributed by atoms with Crippen molar-refractivity contribution >= 4 is 24.6 Å². The van der Waals surface area contributed by atoms with E-state index in [2.05, 4.69) is 93.3 Å². The number of methoxy groups -OCH3 is 1. The Morgan fingerprint density at radius 1 is 1.00 bits per heavy atom. The number of nitrogens with zero attached hydrogens (tertiary/aromatic N) is 1. The average molecular weight is 466 g/mol. The molecule has 5 heteroatoms. The van der Waals surface area contributed by atoms with Crippen LogP contribution in [0.3, 0.4) is 0 Å². The van der Waals surface area contributed by atoms with E-state index in [-0.39, 0.29) is 29.1 Å². The number of piperidine rings is 1. The van der Waals surface area contributed by atoms with Gasteiger partial charge in [-0.1, -0.05) is 94.8 Å². The lowest BCUT2D eigenvalue weighted by Crippen LogP contribution is -2.67. The molecule has 4 nitrogen and oxygen atoms in total. The second-order valence-electron chi connectivity index (χ2n) is 10.6. The molecule has 0 bridgehead atoms. The van der Waals surface area contributed by atoms with Gasteiger partial charge in [0.05, 0.1) is 24.8 Å². The minimum Gasteiger partial charge on any atom is -0.405 e. The molecule has 178 valence electrons. The molecule has 2 fully saturated rings. The van der Waals surface area contributed by atoms with Gasteiger partial charge in [-0.2, -0.15) is 0 Å². The Hall–Kier alpha value is -1.95. The van der Waals surface area contributed by atoms with Crippen LogP contribution in [0.4, 0.5) is 0 Å². The van der Waals surface area contributed by atoms with Crippen LogP contribution in [0.1, 0.15) is 53.4 Å². The third-order valence-electron chi connectivity index (χ3n) is 7.82. The predicted octanol–water partition coefficient (Wildman–Crippen LogP) is 4.37. The highest BCUT2D eigenvalue weighted by Gasteiger charge is 2.53. The summed E-state index contributed by atoms with van der Waals surface area (Å²) in [6.45, 7) is 9.72. The van der Waals surface area contributed by atoms with Crippen molar-refractivity contribution in [2.24, 2.45) is 5.92 Å². The zero-order valence-corrected chi connectivity index (χ0v) is 21.8. The maximum Gasteiger partial charge on any atom is 0.261 e. The largest absolute Gasteiger partial charge is 0.405 e. The molecule has 2 aliphatic rings. The lowest BCUT2D eigenvalue weighted by Gasteiger charge is -2.45. The number of carbonyl (C=O) groups is 1. The summed E-state index contributed by atoms with van der Waals surface area (Å²) in [5.41, 5.74) is 0. The molecule has 0 saturated carbocycles. The molecule has 2 saturated heterocycles. The molecule has 1 amide bonds. The first-order valence-electron chi connectivity index (χ1n) is 12.4. The van der Waals surface area contributed by atoms with Crippen LogP contribution < -0.4 is 10.4 Å². The summed E-state index contributed by atoms with van der Waals surface area (Å²) in [6, 6.07) is 21.8. The van der Waals surface area contributed by atoms with Crippen LogP contribution >= 0.6 is 0 Å². The molecule has 4 atom stereocenters. The van der Waals surface area contributed by atoms with Gasteiger partial charge in [-0.05, 0) is 34.2 Å². The Morgan fingerprint density at radius 2 is 1.58 bits per heavy atom. The molecule has 0 aliphatic carbocycles. The van der Waals surface area contributed by atoms with E-state index in [0.29, 0.717) is 18.9 Å². The van der Waals surface area contributed by atoms with Crippen molar-refractivity contribution in [1.82, 2.24) is 4.90 Å². The van der Waals surface area contributed by atoms with Gasteiger partial charge in [0.1, 0.15) is 0 Å². The lowest BCUT2D eigenvalue weighted by molar-refractivity contribution is -0.145. The van der Waals surface area contributed by atoms with Gasteiger partial charge in [-0.25, -0.2) is 0 Å². The fourth-order valence-electron chi connectivity index (χ4n) is 6.29. The zero-order chi connectivity index (χ0) is 23.6. The van der Waals surface area contributed by atoms with Crippen molar-refractivity contribution in [2.75, 3.05) is 13.7 Å². The van der Waals surface area contributed by atoms with Gasteiger partial charge in [0.2, 0.25) is 5.91 Å². The topological polar surface area (TPSA) is 38.8 Å². The molecule has 0 N–H and O–H groups in total. The summed E-state index contributed by atoms with van der Waals surface area (Å²) >= 11 is 0. The maximum absolute atomic E-state index is 13.1. The minimum atomic E-state index is -2.62. The van der Waals surface area contributed by atoms with Crippen molar-refractivity contribution in [3.05, 3.63) is 60.7 Å². The van der Waals surface area contributed by atoms with Gasteiger partial charge in [-0.15, -0.1) is 0 Å². The Morgan fingerprint density at radius 3 is 2.06 bits per heavy atom. The molecule has 2 aromatic rings. The molecule has 2 heterocycles. The first-order valence-corrected chi connectivity index (χ1v) is 14.3. The number of hydrogen-bond acceptors (Lipinski definition) is 3. The van der Waals surface area contributed by atoms with Crippen molar-refractivity contribution in [2.45, 2.75) is 76.6 Å². The Kier molecular flexibility index (Phi) is 7.13. The molecular formula is C28H39NO3Si. The normalized spacial score (nSPS) is 25.8. The summed E-state index contributed by atoms with van der Waals surface area (Å²) in [5.74, 6) is 0.729. The molecule has 0 radical (unpaired) electrons. The maximum atomic E-state index is 13.1. The van der Waals surface area contributed by atoms with Gasteiger partial charge < -0.3 is 14.1 Å². The zero-order valence-electron chi connectivity index (χ0n) is 20.8. The highest BCUT2D eigenvalue weighted by Crippen LogP contribution is 2.42. The third-order valence-corrected chi connectivity index (χ3v) is 12.8. The van der Waals surface area contributed by atoms with Crippen molar-refractivity contribution in [1.29, 1.82) is 0 Å². The smallest absolute Gasteiger partial charge is 0.261 e. The Balaban J connectivity index is 1.71. The minimum absolute atomic E-state index is 0.0706. The van der Waals surface area contributed by atoms with Crippen molar-refractivity contribution in [3.63, 3.8) is 0 Å². The number of fused-ring (bicyclic) bond motifs is 1. The lowest BCUT2D eigenvalue weighted by atomic mass is 9.88. The Bertz CT molecular complexity index is 888. The number of amides is 1. The summed E-state index contributed by atoms with van der Waals surface area (Å²) in [6.07, 6.45) is 3.58. The van der Waals surface area contributed by atoms with Crippen LogP contribution in [0.5, 0.6) is 0 Å². The van der Waals surface area contributed by atoms with Crippen LogP contribution in [0.2, 0.25) is 5.04 Å². The van der Waals surface area contributed by atoms with E-state index in [1.54, 1.807) is 7.11 Å². The fraction of sp³-hybridized carbons (Fsp3) is 0.536. The van der Waals surface area contributed by atoms with Crippen LogP contribution in [0.15, 0.2) is 60.7 Å². The van der Waals surface area contributed by atoms with Crippen molar-refractivity contribution < 1.29 is 14.0 Å². The summed E-state index contributed by atoms with van der Waals surface area (Å²) in [7, 11) is -0.833. The first kappa shape index (κ1) is 24.2. The molecule has 2 aliphatic heterocycles. The van der Waals surface area contributed by atoms with Crippen LogP contribution in [0, 0.1) is 5.92 Å². The van der Waals surface area contributed by atoms with E-state index >= 15 is 0 Å². The summed E-state index contributed by atoms with van der Waals surface area (Å²) in [4.78, 5) is 15.2. The van der Waals surface area contributed by atoms with E-state index in [9.17, 15) is 4.79 Å². The van der Waals surface area contributed by atoms with Gasteiger partial charge >= 0.3 is 0 Å². The van der Waals surface area contributed by atoms with Gasteiger partial charge in [-0.3, -0.25) is 4.79 Å². The van der Waals surface area contributed by atoms with Gasteiger partial charge in [0.15, 0.2) is 0 Å². The predicted molar refractivity (Wildman–Crippen MR) is 136 cm³/mol. The number of hydrogen-bond donors (Lipinski definition) is 0. The van der Waals surface area contributed by atoms with E-state index in [4.69, 9.17) is 9.16 Å². The monoisotopic (exact) mass is 465 g/mol. The van der Waals surface area contributed by atoms with Crippen LogP contribution in [-0.4, -0.2) is 51.0 Å². The van der Waals surface area contributed by atoms with Crippen molar-refractivity contribution in [3.8, 4) is 0 Å². The molecular weight excluding hydrogens is 426 g/mol. The molecule has 0 unspecified atom stereocenters. The summed E-state index contributed by atoms with van der Waals surface area (Å²) in [5, 5.41) is 2.49. The molecule has 2 aromatic carbocycles. The fourth-order valence-corrected chi connectivity index (χ4v) is 10.9. The van der Waals surface area contributed by atoms with Crippen LogP contribution in [0.25, 0.3) is 0 Å². The SMILES string of the molecule is CC[C@@H]1C[C@@H](CO[Si](c2ccccc2)(c2ccccc2)C(C)(C)C)N2C(=O)CC[C@H](OC)[C@H]12. The molecule has 33 heavy (non-hydrogen) atoms. The number of rotatable bonds is 7. The van der Waals surface area contributed by atoms with E-state index in [1.165, 1.54) is 10.4 Å². The van der Waals surface area contributed by atoms with Crippen LogP contribution in [-0.2, 0) is 14.0 Å². The Labute approximate surface area is 200 Å². The highest BCUT2D eigenvalue weighted by molar-refractivity contribution is 6.99. The van der Waals surface area contributed by atoms with E-state index in [1.807, 2.05) is 0 Å². The number of benzene rings is 2. The third kappa shape index (κ3) is 4.31. The first-order chi connectivity index (χ1) is 15.8. The summed E-state index contributed by atoms with van der Waals surface area (Å²) < 4.78 is 13.1. The van der Waals surface area contributed by atoms with Gasteiger partial charge in [0, 0.05) is 13.5 Å².